The first-order valence-electron chi connectivity index (χ1n) is 7.27. The van der Waals surface area contributed by atoms with E-state index in [-0.39, 0.29) is 0 Å². The van der Waals surface area contributed by atoms with Crippen molar-refractivity contribution >= 4 is 16.9 Å². The molecule has 2 aromatic heterocycles. The number of hydrogen-bond acceptors (Lipinski definition) is 4. The van der Waals surface area contributed by atoms with Crippen molar-refractivity contribution in [1.29, 1.82) is 0 Å². The van der Waals surface area contributed by atoms with Gasteiger partial charge in [-0.2, -0.15) is 0 Å². The van der Waals surface area contributed by atoms with E-state index in [1.807, 2.05) is 31.2 Å². The lowest BCUT2D eigenvalue weighted by Crippen LogP contribution is -2.07. The number of hydrogen-bond donors (Lipinski definition) is 1. The van der Waals surface area contributed by atoms with E-state index in [0.717, 1.165) is 41.3 Å². The highest BCUT2D eigenvalue weighted by molar-refractivity contribution is 5.75. The molecule has 0 atom stereocenters. The number of aromatic nitrogens is 4. The van der Waals surface area contributed by atoms with E-state index in [2.05, 4.69) is 27.5 Å². The third-order valence-corrected chi connectivity index (χ3v) is 3.55. The van der Waals surface area contributed by atoms with Gasteiger partial charge in [0.1, 0.15) is 17.5 Å². The quantitative estimate of drug-likeness (QED) is 0.798. The number of nitrogens with zero attached hydrogens (tertiary/aromatic N) is 4. The van der Waals surface area contributed by atoms with Gasteiger partial charge in [-0.3, -0.25) is 0 Å². The topological polar surface area (TPSA) is 69.6 Å². The van der Waals surface area contributed by atoms with Crippen molar-refractivity contribution < 1.29 is 0 Å². The molecule has 3 aromatic rings. The average Bonchev–Trinajstić information content (AvgIpc) is 2.83. The summed E-state index contributed by atoms with van der Waals surface area (Å²) in [6.07, 6.45) is 1.45. The molecule has 0 radical (unpaired) electrons. The van der Waals surface area contributed by atoms with Crippen LogP contribution in [0.5, 0.6) is 0 Å². The molecule has 2 N–H and O–H groups in total. The summed E-state index contributed by atoms with van der Waals surface area (Å²) >= 11 is 0. The van der Waals surface area contributed by atoms with Gasteiger partial charge in [-0.05, 0) is 19.1 Å². The van der Waals surface area contributed by atoms with Crippen LogP contribution < -0.4 is 5.73 Å². The van der Waals surface area contributed by atoms with E-state index in [0.29, 0.717) is 12.2 Å². The lowest BCUT2D eigenvalue weighted by Gasteiger charge is -2.07. The minimum absolute atomic E-state index is 0.524. The molecule has 0 amide bonds. The minimum Gasteiger partial charge on any atom is -0.384 e. The summed E-state index contributed by atoms with van der Waals surface area (Å²) in [5.74, 6) is 2.32. The van der Waals surface area contributed by atoms with E-state index in [9.17, 15) is 0 Å². The van der Waals surface area contributed by atoms with Gasteiger partial charge in [0.05, 0.1) is 16.7 Å². The predicted octanol–water partition coefficient (Wildman–Crippen LogP) is 2.58. The predicted molar refractivity (Wildman–Crippen MR) is 84.0 cm³/mol. The molecule has 2 heterocycles. The van der Waals surface area contributed by atoms with Crippen LogP contribution in [0.2, 0.25) is 0 Å². The van der Waals surface area contributed by atoms with Gasteiger partial charge in [-0.1, -0.05) is 19.1 Å². The Morgan fingerprint density at radius 2 is 1.90 bits per heavy atom. The fourth-order valence-electron chi connectivity index (χ4n) is 2.60. The summed E-state index contributed by atoms with van der Waals surface area (Å²) in [6.45, 7) is 5.04. The molecule has 5 heteroatoms. The van der Waals surface area contributed by atoms with Gasteiger partial charge in [-0.15, -0.1) is 0 Å². The summed E-state index contributed by atoms with van der Waals surface area (Å²) < 4.78 is 2.22. The number of aryl methyl sites for hydroxylation is 2. The Labute approximate surface area is 123 Å². The maximum Gasteiger partial charge on any atom is 0.130 e. The lowest BCUT2D eigenvalue weighted by atomic mass is 10.2. The monoisotopic (exact) mass is 281 g/mol. The summed E-state index contributed by atoms with van der Waals surface area (Å²) in [5, 5.41) is 0. The van der Waals surface area contributed by atoms with Gasteiger partial charge < -0.3 is 10.3 Å². The highest BCUT2D eigenvalue weighted by Crippen LogP contribution is 2.18. The van der Waals surface area contributed by atoms with Crippen molar-refractivity contribution in [3.63, 3.8) is 0 Å². The molecular formula is C16H19N5. The maximum absolute atomic E-state index is 5.86. The minimum atomic E-state index is 0.524. The van der Waals surface area contributed by atoms with Crippen LogP contribution in [0.3, 0.4) is 0 Å². The third-order valence-electron chi connectivity index (χ3n) is 3.55. The molecule has 0 aliphatic heterocycles. The molecule has 0 aliphatic rings. The largest absolute Gasteiger partial charge is 0.384 e. The molecule has 0 spiro atoms. The Bertz CT molecular complexity index is 775. The van der Waals surface area contributed by atoms with Crippen molar-refractivity contribution in [2.75, 3.05) is 5.73 Å². The van der Waals surface area contributed by atoms with Crippen LogP contribution in [-0.2, 0) is 19.4 Å². The molecule has 5 nitrogen and oxygen atoms in total. The first kappa shape index (κ1) is 13.5. The molecule has 0 saturated heterocycles. The highest BCUT2D eigenvalue weighted by atomic mass is 15.1. The molecule has 0 bridgehead atoms. The molecule has 1 aromatic carbocycles. The van der Waals surface area contributed by atoms with Gasteiger partial charge in [0.2, 0.25) is 0 Å². The Morgan fingerprint density at radius 3 is 2.67 bits per heavy atom. The first-order valence-corrected chi connectivity index (χ1v) is 7.27. The number of nitrogen functional groups attached to an aromatic ring is 1. The van der Waals surface area contributed by atoms with Gasteiger partial charge >= 0.3 is 0 Å². The van der Waals surface area contributed by atoms with Crippen LogP contribution in [0.4, 0.5) is 5.82 Å². The number of para-hydroxylation sites is 2. The normalized spacial score (nSPS) is 11.1. The second kappa shape index (κ2) is 5.52. The molecule has 0 aliphatic carbocycles. The Hall–Kier alpha value is -2.43. The summed E-state index contributed by atoms with van der Waals surface area (Å²) in [6, 6.07) is 10.0. The second-order valence-corrected chi connectivity index (χ2v) is 4.99. The number of benzene rings is 1. The van der Waals surface area contributed by atoms with Crippen molar-refractivity contribution in [3.8, 4) is 0 Å². The molecule has 0 unspecified atom stereocenters. The van der Waals surface area contributed by atoms with Crippen molar-refractivity contribution in [1.82, 2.24) is 19.5 Å². The van der Waals surface area contributed by atoms with Crippen molar-refractivity contribution in [2.24, 2.45) is 0 Å². The number of nitrogens with two attached hydrogens (primary N) is 1. The summed E-state index contributed by atoms with van der Waals surface area (Å²) in [7, 11) is 0. The van der Waals surface area contributed by atoms with E-state index >= 15 is 0 Å². The van der Waals surface area contributed by atoms with Gasteiger partial charge in [0.25, 0.3) is 0 Å². The van der Waals surface area contributed by atoms with Crippen LogP contribution in [0.25, 0.3) is 11.0 Å². The van der Waals surface area contributed by atoms with Crippen molar-refractivity contribution in [3.05, 3.63) is 47.7 Å². The summed E-state index contributed by atoms with van der Waals surface area (Å²) in [5.41, 5.74) is 8.96. The number of imidazole rings is 1. The molecule has 0 saturated carbocycles. The number of fused-ring (bicyclic) bond motifs is 1. The fraction of sp³-hybridized carbons (Fsp3) is 0.312. The van der Waals surface area contributed by atoms with Crippen LogP contribution >= 0.6 is 0 Å². The van der Waals surface area contributed by atoms with Crippen LogP contribution in [0.1, 0.15) is 31.2 Å². The Balaban J connectivity index is 2.03. The standard InChI is InChI=1S/C16H19N5/c1-3-15-18-11(9-14(17)20-15)10-16-19-12-7-5-6-8-13(12)21(16)4-2/h5-9H,3-4,10H2,1-2H3,(H2,17,18,20). The van der Waals surface area contributed by atoms with Gasteiger partial charge in [0, 0.05) is 25.5 Å². The van der Waals surface area contributed by atoms with Crippen LogP contribution in [0, 0.1) is 0 Å². The van der Waals surface area contributed by atoms with Crippen LogP contribution in [0.15, 0.2) is 30.3 Å². The SMILES string of the molecule is CCc1nc(N)cc(Cc2nc3ccccc3n2CC)n1. The second-order valence-electron chi connectivity index (χ2n) is 4.99. The molecule has 21 heavy (non-hydrogen) atoms. The molecule has 0 fully saturated rings. The Morgan fingerprint density at radius 1 is 1.10 bits per heavy atom. The molecule has 3 rings (SSSR count). The first-order chi connectivity index (χ1) is 10.2. The Kier molecular flexibility index (Phi) is 3.56. The zero-order valence-corrected chi connectivity index (χ0v) is 12.4. The van der Waals surface area contributed by atoms with E-state index in [1.165, 1.54) is 0 Å². The third kappa shape index (κ3) is 2.59. The summed E-state index contributed by atoms with van der Waals surface area (Å²) in [4.78, 5) is 13.5. The number of anilines is 1. The average molecular weight is 281 g/mol. The maximum atomic E-state index is 5.86. The van der Waals surface area contributed by atoms with Gasteiger partial charge in [0.15, 0.2) is 0 Å². The fourth-order valence-corrected chi connectivity index (χ4v) is 2.60. The van der Waals surface area contributed by atoms with Crippen molar-refractivity contribution in [2.45, 2.75) is 33.2 Å². The smallest absolute Gasteiger partial charge is 0.130 e. The van der Waals surface area contributed by atoms with Crippen LogP contribution in [-0.4, -0.2) is 19.5 Å². The zero-order chi connectivity index (χ0) is 14.8. The van der Waals surface area contributed by atoms with E-state index in [4.69, 9.17) is 10.7 Å². The van der Waals surface area contributed by atoms with Gasteiger partial charge in [-0.25, -0.2) is 15.0 Å². The molecule has 108 valence electrons. The number of rotatable bonds is 4. The van der Waals surface area contributed by atoms with E-state index in [1.54, 1.807) is 0 Å². The lowest BCUT2D eigenvalue weighted by molar-refractivity contribution is 0.726. The zero-order valence-electron chi connectivity index (χ0n) is 12.4. The molecular weight excluding hydrogens is 262 g/mol. The highest BCUT2D eigenvalue weighted by Gasteiger charge is 2.11. The van der Waals surface area contributed by atoms with E-state index < -0.39 is 0 Å².